The van der Waals surface area contributed by atoms with Gasteiger partial charge in [0.25, 0.3) is 0 Å². The van der Waals surface area contributed by atoms with E-state index in [1.165, 1.54) is 0 Å². The monoisotopic (exact) mass is 665 g/mol. The number of esters is 2. The standard InChI is InChI=1S/C20H14BrI2NO4/c1-2-3-17(25)27-18-14(22)8-11(9-15(18)23)10-16-20(26)28-19(24-16)12-4-6-13(21)7-5-12/h4-10H,2-3H2,1H3/b16-10-. The normalized spacial score (nSPS) is 14.8. The fraction of sp³-hybridized carbons (Fsp3) is 0.150. The molecular formula is C20H14BrI2NO4. The van der Waals surface area contributed by atoms with Crippen molar-refractivity contribution in [1.29, 1.82) is 0 Å². The molecule has 1 aliphatic heterocycles. The first kappa shape index (κ1) is 21.4. The van der Waals surface area contributed by atoms with Gasteiger partial charge in [-0.2, -0.15) is 0 Å². The second-order valence-electron chi connectivity index (χ2n) is 5.88. The Hall–Kier alpha value is -1.27. The minimum atomic E-state index is -0.499. The molecule has 0 radical (unpaired) electrons. The SMILES string of the molecule is CCCC(=O)Oc1c(I)cc(/C=C2\N=C(c3ccc(Br)cc3)OC2=O)cc1I. The van der Waals surface area contributed by atoms with Gasteiger partial charge in [0.15, 0.2) is 11.4 Å². The summed E-state index contributed by atoms with van der Waals surface area (Å²) in [7, 11) is 0. The highest BCUT2D eigenvalue weighted by atomic mass is 127. The van der Waals surface area contributed by atoms with E-state index in [1.807, 2.05) is 43.3 Å². The number of rotatable bonds is 5. The van der Waals surface area contributed by atoms with E-state index in [1.54, 1.807) is 6.08 Å². The summed E-state index contributed by atoms with van der Waals surface area (Å²) in [5.41, 5.74) is 1.72. The molecule has 0 atom stereocenters. The Kier molecular flexibility index (Phi) is 7.26. The van der Waals surface area contributed by atoms with Crippen LogP contribution in [0.3, 0.4) is 0 Å². The summed E-state index contributed by atoms with van der Waals surface area (Å²) in [5, 5.41) is 0. The highest BCUT2D eigenvalue weighted by Gasteiger charge is 2.24. The Balaban J connectivity index is 1.87. The maximum absolute atomic E-state index is 12.2. The molecule has 0 spiro atoms. The maximum Gasteiger partial charge on any atom is 0.363 e. The first-order valence-corrected chi connectivity index (χ1v) is 11.3. The molecule has 5 nitrogen and oxygen atoms in total. The van der Waals surface area contributed by atoms with Crippen LogP contribution in [0.25, 0.3) is 6.08 Å². The lowest BCUT2D eigenvalue weighted by Crippen LogP contribution is -2.09. The van der Waals surface area contributed by atoms with Crippen molar-refractivity contribution in [3.05, 3.63) is 64.8 Å². The molecule has 0 fully saturated rings. The van der Waals surface area contributed by atoms with E-state index in [-0.39, 0.29) is 17.6 Å². The minimum absolute atomic E-state index is 0.222. The number of carbonyl (C=O) groups excluding carboxylic acids is 2. The van der Waals surface area contributed by atoms with Crippen LogP contribution in [0.15, 0.2) is 51.6 Å². The van der Waals surface area contributed by atoms with Crippen molar-refractivity contribution in [2.75, 3.05) is 0 Å². The smallest absolute Gasteiger partial charge is 0.363 e. The molecule has 3 rings (SSSR count). The van der Waals surface area contributed by atoms with Crippen molar-refractivity contribution in [2.45, 2.75) is 19.8 Å². The highest BCUT2D eigenvalue weighted by molar-refractivity contribution is 14.1. The molecule has 1 aliphatic rings. The zero-order valence-corrected chi connectivity index (χ0v) is 20.6. The zero-order valence-electron chi connectivity index (χ0n) is 14.7. The number of nitrogens with zero attached hydrogens (tertiary/aromatic N) is 1. The molecule has 1 heterocycles. The van der Waals surface area contributed by atoms with Crippen molar-refractivity contribution in [3.63, 3.8) is 0 Å². The number of hydrogen-bond donors (Lipinski definition) is 0. The van der Waals surface area contributed by atoms with Crippen molar-refractivity contribution in [3.8, 4) is 5.75 Å². The molecule has 0 aromatic heterocycles. The van der Waals surface area contributed by atoms with Crippen LogP contribution >= 0.6 is 61.1 Å². The van der Waals surface area contributed by atoms with Gasteiger partial charge in [0, 0.05) is 16.5 Å². The Labute approximate surface area is 198 Å². The Morgan fingerprint density at radius 3 is 2.46 bits per heavy atom. The van der Waals surface area contributed by atoms with Gasteiger partial charge in [-0.1, -0.05) is 22.9 Å². The number of ether oxygens (including phenoxy) is 2. The predicted molar refractivity (Wildman–Crippen MR) is 127 cm³/mol. The third kappa shape index (κ3) is 5.20. The molecule has 2 aromatic carbocycles. The molecule has 144 valence electrons. The van der Waals surface area contributed by atoms with Crippen LogP contribution in [0.5, 0.6) is 5.75 Å². The molecule has 0 bridgehead atoms. The van der Waals surface area contributed by atoms with Crippen LogP contribution in [0, 0.1) is 7.14 Å². The van der Waals surface area contributed by atoms with Crippen LogP contribution in [-0.2, 0) is 14.3 Å². The summed E-state index contributed by atoms with van der Waals surface area (Å²) in [5.74, 6) is 0.0574. The summed E-state index contributed by atoms with van der Waals surface area (Å²) >= 11 is 7.60. The number of cyclic esters (lactones) is 1. The maximum atomic E-state index is 12.2. The lowest BCUT2D eigenvalue weighted by atomic mass is 10.2. The van der Waals surface area contributed by atoms with Gasteiger partial charge < -0.3 is 9.47 Å². The number of carbonyl (C=O) groups is 2. The van der Waals surface area contributed by atoms with E-state index in [9.17, 15) is 9.59 Å². The van der Waals surface area contributed by atoms with Gasteiger partial charge in [-0.25, -0.2) is 9.79 Å². The number of hydrogen-bond acceptors (Lipinski definition) is 5. The van der Waals surface area contributed by atoms with Gasteiger partial charge in [-0.05, 0) is 99.6 Å². The number of benzene rings is 2. The highest BCUT2D eigenvalue weighted by Crippen LogP contribution is 2.31. The summed E-state index contributed by atoms with van der Waals surface area (Å²) in [4.78, 5) is 28.3. The largest absolute Gasteiger partial charge is 0.424 e. The van der Waals surface area contributed by atoms with Gasteiger partial charge in [0.2, 0.25) is 5.90 Å². The second kappa shape index (κ2) is 9.49. The topological polar surface area (TPSA) is 65.0 Å². The van der Waals surface area contributed by atoms with E-state index in [0.29, 0.717) is 12.2 Å². The Morgan fingerprint density at radius 2 is 1.86 bits per heavy atom. The van der Waals surface area contributed by atoms with E-state index in [2.05, 4.69) is 66.1 Å². The third-order valence-corrected chi connectivity index (χ3v) is 5.84. The van der Waals surface area contributed by atoms with E-state index < -0.39 is 5.97 Å². The van der Waals surface area contributed by atoms with Crippen molar-refractivity contribution >= 4 is 85.0 Å². The Morgan fingerprint density at radius 1 is 1.21 bits per heavy atom. The molecule has 0 saturated heterocycles. The molecule has 28 heavy (non-hydrogen) atoms. The van der Waals surface area contributed by atoms with Gasteiger partial charge in [0.1, 0.15) is 0 Å². The van der Waals surface area contributed by atoms with E-state index in [4.69, 9.17) is 9.47 Å². The van der Waals surface area contributed by atoms with Crippen LogP contribution in [0.4, 0.5) is 0 Å². The summed E-state index contributed by atoms with van der Waals surface area (Å²) < 4.78 is 13.2. The second-order valence-corrected chi connectivity index (χ2v) is 9.12. The van der Waals surface area contributed by atoms with Crippen molar-refractivity contribution in [1.82, 2.24) is 0 Å². The van der Waals surface area contributed by atoms with Gasteiger partial charge >= 0.3 is 11.9 Å². The van der Waals surface area contributed by atoms with Crippen LogP contribution < -0.4 is 4.74 Å². The summed E-state index contributed by atoms with van der Waals surface area (Å²) in [6.45, 7) is 1.93. The molecule has 2 aromatic rings. The average molecular weight is 666 g/mol. The lowest BCUT2D eigenvalue weighted by Gasteiger charge is -2.09. The number of halogens is 3. The zero-order chi connectivity index (χ0) is 20.3. The molecule has 0 saturated carbocycles. The van der Waals surface area contributed by atoms with Gasteiger partial charge in [-0.3, -0.25) is 4.79 Å². The van der Waals surface area contributed by atoms with Crippen LogP contribution in [-0.4, -0.2) is 17.8 Å². The predicted octanol–water partition coefficient (Wildman–Crippen LogP) is 5.71. The molecule has 0 unspecified atom stereocenters. The van der Waals surface area contributed by atoms with Crippen molar-refractivity contribution in [2.24, 2.45) is 4.99 Å². The minimum Gasteiger partial charge on any atom is -0.424 e. The van der Waals surface area contributed by atoms with Crippen molar-refractivity contribution < 1.29 is 19.1 Å². The molecule has 0 amide bonds. The number of aliphatic imine (C=N–C) groups is 1. The lowest BCUT2D eigenvalue weighted by molar-refractivity contribution is -0.134. The van der Waals surface area contributed by atoms with Crippen LogP contribution in [0.1, 0.15) is 30.9 Å². The first-order chi connectivity index (χ1) is 13.4. The molecule has 0 N–H and O–H groups in total. The van der Waals surface area contributed by atoms with E-state index in [0.717, 1.165) is 29.2 Å². The summed E-state index contributed by atoms with van der Waals surface area (Å²) in [6, 6.07) is 11.0. The van der Waals surface area contributed by atoms with Crippen LogP contribution in [0.2, 0.25) is 0 Å². The van der Waals surface area contributed by atoms with Gasteiger partial charge in [0.05, 0.1) is 7.14 Å². The molecular weight excluding hydrogens is 652 g/mol. The third-order valence-electron chi connectivity index (χ3n) is 3.71. The quantitative estimate of drug-likeness (QED) is 0.178. The average Bonchev–Trinajstić information content (AvgIpc) is 2.99. The van der Waals surface area contributed by atoms with E-state index >= 15 is 0 Å². The molecule has 0 aliphatic carbocycles. The molecule has 8 heteroatoms. The first-order valence-electron chi connectivity index (χ1n) is 8.35. The van der Waals surface area contributed by atoms with Gasteiger partial charge in [-0.15, -0.1) is 0 Å². The fourth-order valence-corrected chi connectivity index (χ4v) is 4.71. The fourth-order valence-electron chi connectivity index (χ4n) is 2.41. The summed E-state index contributed by atoms with van der Waals surface area (Å²) in [6.07, 6.45) is 2.77. The Bertz CT molecular complexity index is 977.